The minimum Gasteiger partial charge on any atom is -0.387 e. The molecule has 0 bridgehead atoms. The van der Waals surface area contributed by atoms with Gasteiger partial charge in [0.25, 0.3) is 11.6 Å². The maximum atomic E-state index is 9.12. The minimum absolute atomic E-state index is 0.136. The van der Waals surface area contributed by atoms with Gasteiger partial charge in [0.05, 0.1) is 0 Å². The van der Waals surface area contributed by atoms with Crippen molar-refractivity contribution in [3.63, 3.8) is 0 Å². The molecule has 0 aliphatic heterocycles. The number of rotatable bonds is 5. The SMILES string of the molecule is CCCC(O)C(O)(O)C(O)(O)C(O)O. The van der Waals surface area contributed by atoms with Crippen LogP contribution in [0.1, 0.15) is 19.8 Å². The van der Waals surface area contributed by atoms with Crippen molar-refractivity contribution in [2.45, 2.75) is 43.7 Å². The van der Waals surface area contributed by atoms with Crippen LogP contribution in [0.5, 0.6) is 0 Å². The van der Waals surface area contributed by atoms with Crippen molar-refractivity contribution in [3.8, 4) is 0 Å². The summed E-state index contributed by atoms with van der Waals surface area (Å²) < 4.78 is 0. The summed E-state index contributed by atoms with van der Waals surface area (Å²) in [6.07, 6.45) is -4.49. The van der Waals surface area contributed by atoms with Crippen molar-refractivity contribution in [2.24, 2.45) is 0 Å². The number of aliphatic hydroxyl groups excluding tert-OH is 2. The van der Waals surface area contributed by atoms with E-state index in [1.807, 2.05) is 0 Å². The Morgan fingerprint density at radius 3 is 1.64 bits per heavy atom. The van der Waals surface area contributed by atoms with Gasteiger partial charge >= 0.3 is 0 Å². The molecule has 0 aliphatic carbocycles. The topological polar surface area (TPSA) is 142 Å². The second-order valence-electron chi connectivity index (χ2n) is 3.13. The van der Waals surface area contributed by atoms with Crippen LogP contribution >= 0.6 is 0 Å². The first-order valence-electron chi connectivity index (χ1n) is 4.11. The van der Waals surface area contributed by atoms with Crippen molar-refractivity contribution in [1.82, 2.24) is 0 Å². The van der Waals surface area contributed by atoms with Crippen molar-refractivity contribution < 1.29 is 35.7 Å². The molecule has 14 heavy (non-hydrogen) atoms. The lowest BCUT2D eigenvalue weighted by Crippen LogP contribution is -2.66. The molecular weight excluding hydrogens is 196 g/mol. The Morgan fingerprint density at radius 1 is 0.929 bits per heavy atom. The first kappa shape index (κ1) is 13.7. The molecule has 7 N–H and O–H groups in total. The van der Waals surface area contributed by atoms with Gasteiger partial charge in [-0.1, -0.05) is 13.3 Å². The van der Waals surface area contributed by atoms with Crippen molar-refractivity contribution in [2.75, 3.05) is 0 Å². The van der Waals surface area contributed by atoms with Gasteiger partial charge in [-0.25, -0.2) is 0 Å². The first-order chi connectivity index (χ1) is 6.17. The molecule has 0 aromatic heterocycles. The van der Waals surface area contributed by atoms with Crippen LogP contribution in [0.25, 0.3) is 0 Å². The summed E-state index contributed by atoms with van der Waals surface area (Å²) in [5.74, 6) is -7.02. The lowest BCUT2D eigenvalue weighted by atomic mass is 9.96. The molecule has 0 aromatic carbocycles. The standard InChI is InChI=1S/C7H16O7/c1-2-3-4(8)6(11,12)7(13,14)5(9)10/h4-5,8-14H,2-3H2,1H3. The van der Waals surface area contributed by atoms with Crippen LogP contribution in [0.2, 0.25) is 0 Å². The van der Waals surface area contributed by atoms with Crippen LogP contribution in [-0.2, 0) is 0 Å². The van der Waals surface area contributed by atoms with E-state index < -0.39 is 24.0 Å². The zero-order valence-electron chi connectivity index (χ0n) is 7.70. The van der Waals surface area contributed by atoms with E-state index in [2.05, 4.69) is 0 Å². The Bertz CT molecular complexity index is 177. The van der Waals surface area contributed by atoms with Gasteiger partial charge in [-0.2, -0.15) is 0 Å². The molecule has 0 rings (SSSR count). The van der Waals surface area contributed by atoms with Crippen LogP contribution in [0.3, 0.4) is 0 Å². The molecule has 0 saturated carbocycles. The lowest BCUT2D eigenvalue weighted by molar-refractivity contribution is -0.432. The van der Waals surface area contributed by atoms with Crippen molar-refractivity contribution in [3.05, 3.63) is 0 Å². The fraction of sp³-hybridized carbons (Fsp3) is 1.00. The molecule has 1 atom stereocenters. The van der Waals surface area contributed by atoms with Gasteiger partial charge in [0.1, 0.15) is 6.10 Å². The highest BCUT2D eigenvalue weighted by Gasteiger charge is 2.56. The third kappa shape index (κ3) is 2.39. The molecule has 7 nitrogen and oxygen atoms in total. The molecule has 0 heterocycles. The van der Waals surface area contributed by atoms with Crippen LogP contribution in [0.15, 0.2) is 0 Å². The van der Waals surface area contributed by atoms with E-state index >= 15 is 0 Å². The zero-order chi connectivity index (χ0) is 11.6. The predicted molar refractivity (Wildman–Crippen MR) is 43.5 cm³/mol. The fourth-order valence-corrected chi connectivity index (χ4v) is 0.910. The predicted octanol–water partition coefficient (Wildman–Crippen LogP) is -3.18. The average Bonchev–Trinajstić information content (AvgIpc) is 2.04. The van der Waals surface area contributed by atoms with Gasteiger partial charge in [-0.05, 0) is 6.42 Å². The Hall–Kier alpha value is -0.280. The highest BCUT2D eigenvalue weighted by molar-refractivity contribution is 4.89. The highest BCUT2D eigenvalue weighted by Crippen LogP contribution is 2.25. The molecule has 0 amide bonds. The molecule has 86 valence electrons. The number of aliphatic hydroxyl groups is 7. The number of hydrogen-bond donors (Lipinski definition) is 7. The molecule has 0 aliphatic rings. The van der Waals surface area contributed by atoms with Crippen molar-refractivity contribution >= 4 is 0 Å². The largest absolute Gasteiger partial charge is 0.387 e. The van der Waals surface area contributed by atoms with E-state index in [9.17, 15) is 0 Å². The van der Waals surface area contributed by atoms with Gasteiger partial charge < -0.3 is 35.7 Å². The average molecular weight is 212 g/mol. The number of hydrogen-bond acceptors (Lipinski definition) is 7. The smallest absolute Gasteiger partial charge is 0.273 e. The summed E-state index contributed by atoms with van der Waals surface area (Å²) in [5.41, 5.74) is 0. The quantitative estimate of drug-likeness (QED) is 0.238. The summed E-state index contributed by atoms with van der Waals surface area (Å²) in [6, 6.07) is 0. The first-order valence-corrected chi connectivity index (χ1v) is 4.11. The van der Waals surface area contributed by atoms with Crippen molar-refractivity contribution in [1.29, 1.82) is 0 Å². The summed E-state index contributed by atoms with van der Waals surface area (Å²) in [4.78, 5) is 0. The molecule has 7 heteroatoms. The highest BCUT2D eigenvalue weighted by atomic mass is 16.6. The molecule has 0 radical (unpaired) electrons. The monoisotopic (exact) mass is 212 g/mol. The van der Waals surface area contributed by atoms with E-state index in [0.29, 0.717) is 6.42 Å². The Labute approximate surface area is 80.5 Å². The maximum Gasteiger partial charge on any atom is 0.273 e. The van der Waals surface area contributed by atoms with Crippen LogP contribution < -0.4 is 0 Å². The summed E-state index contributed by atoms with van der Waals surface area (Å²) >= 11 is 0. The molecule has 0 aromatic rings. The van der Waals surface area contributed by atoms with E-state index in [-0.39, 0.29) is 6.42 Å². The van der Waals surface area contributed by atoms with E-state index in [0.717, 1.165) is 0 Å². The van der Waals surface area contributed by atoms with Crippen LogP contribution in [0.4, 0.5) is 0 Å². The van der Waals surface area contributed by atoms with E-state index in [1.54, 1.807) is 6.92 Å². The molecule has 0 spiro atoms. The summed E-state index contributed by atoms with van der Waals surface area (Å²) in [6.45, 7) is 1.62. The Kier molecular flexibility index (Phi) is 4.40. The molecule has 1 unspecified atom stereocenters. The van der Waals surface area contributed by atoms with E-state index in [1.165, 1.54) is 0 Å². The fourth-order valence-electron chi connectivity index (χ4n) is 0.910. The van der Waals surface area contributed by atoms with Gasteiger partial charge in [0, 0.05) is 0 Å². The van der Waals surface area contributed by atoms with Gasteiger partial charge in [0.2, 0.25) is 6.29 Å². The van der Waals surface area contributed by atoms with Crippen LogP contribution in [0, 0.1) is 0 Å². The molecule has 0 saturated heterocycles. The van der Waals surface area contributed by atoms with Gasteiger partial charge in [-0.15, -0.1) is 0 Å². The maximum absolute atomic E-state index is 9.12. The van der Waals surface area contributed by atoms with Gasteiger partial charge in [-0.3, -0.25) is 0 Å². The lowest BCUT2D eigenvalue weighted by Gasteiger charge is -2.38. The second kappa shape index (κ2) is 4.49. The summed E-state index contributed by atoms with van der Waals surface area (Å²) in [7, 11) is 0. The third-order valence-electron chi connectivity index (χ3n) is 1.93. The van der Waals surface area contributed by atoms with Gasteiger partial charge in [0.15, 0.2) is 0 Å². The molecular formula is C7H16O7. The zero-order valence-corrected chi connectivity index (χ0v) is 7.70. The molecule has 0 fully saturated rings. The normalized spacial score (nSPS) is 16.1. The van der Waals surface area contributed by atoms with Crippen LogP contribution in [-0.4, -0.2) is 59.7 Å². The Morgan fingerprint density at radius 2 is 1.36 bits per heavy atom. The van der Waals surface area contributed by atoms with E-state index in [4.69, 9.17) is 35.7 Å². The Balaban J connectivity index is 4.74. The third-order valence-corrected chi connectivity index (χ3v) is 1.93. The minimum atomic E-state index is -3.61. The second-order valence-corrected chi connectivity index (χ2v) is 3.13. The summed E-state index contributed by atoms with van der Waals surface area (Å²) in [5, 5.41) is 62.1.